The molecule has 2 rings (SSSR count). The summed E-state index contributed by atoms with van der Waals surface area (Å²) in [5.74, 6) is -0.798. The van der Waals surface area contributed by atoms with Gasteiger partial charge < -0.3 is 10.4 Å². The van der Waals surface area contributed by atoms with E-state index < -0.39 is 23.2 Å². The highest BCUT2D eigenvalue weighted by Crippen LogP contribution is 2.30. The lowest BCUT2D eigenvalue weighted by atomic mass is 10.2. The summed E-state index contributed by atoms with van der Waals surface area (Å²) < 4.78 is 1.18. The van der Waals surface area contributed by atoms with E-state index in [1.54, 1.807) is 12.1 Å². The molecule has 5 N–H and O–H groups in total. The van der Waals surface area contributed by atoms with Crippen molar-refractivity contribution < 1.29 is 9.90 Å². The number of aromatic amines is 2. The van der Waals surface area contributed by atoms with Crippen molar-refractivity contribution >= 4 is 49.8 Å². The number of phenols is 1. The standard InChI is InChI=1S/C13H12Br2N6O4/c1-5(17-10-12(24)18-13(25)21-19-10)11(23)20-16-4-6-2-7(14)3-8(15)9(6)22/h2-5,22H,1H3,(H,17,19)(H,20,23)(H2,18,21,24,25)/b16-4-/t5-/m1/s1. The molecule has 12 heteroatoms. The van der Waals surface area contributed by atoms with E-state index in [2.05, 4.69) is 52.8 Å². The summed E-state index contributed by atoms with van der Waals surface area (Å²) in [5.41, 5.74) is 1.13. The van der Waals surface area contributed by atoms with Gasteiger partial charge in [0.25, 0.3) is 11.5 Å². The van der Waals surface area contributed by atoms with Crippen molar-refractivity contribution in [1.29, 1.82) is 0 Å². The van der Waals surface area contributed by atoms with Gasteiger partial charge in [-0.05, 0) is 35.0 Å². The van der Waals surface area contributed by atoms with E-state index in [1.807, 2.05) is 10.1 Å². The largest absolute Gasteiger partial charge is 0.506 e. The van der Waals surface area contributed by atoms with Gasteiger partial charge in [0.15, 0.2) is 0 Å². The number of halogens is 2. The van der Waals surface area contributed by atoms with Crippen LogP contribution in [0.25, 0.3) is 0 Å². The number of rotatable bonds is 5. The van der Waals surface area contributed by atoms with Crippen LogP contribution in [0.3, 0.4) is 0 Å². The molecule has 0 saturated heterocycles. The highest BCUT2D eigenvalue weighted by molar-refractivity contribution is 9.11. The van der Waals surface area contributed by atoms with Gasteiger partial charge in [0, 0.05) is 10.0 Å². The molecule has 0 bridgehead atoms. The molecule has 10 nitrogen and oxygen atoms in total. The fourth-order valence-corrected chi connectivity index (χ4v) is 2.92. The molecule has 0 fully saturated rings. The number of aromatic hydroxyl groups is 1. The minimum atomic E-state index is -0.862. The molecule has 2 aromatic rings. The first-order valence-electron chi connectivity index (χ1n) is 6.74. The molecule has 0 saturated carbocycles. The average Bonchev–Trinajstić information content (AvgIpc) is 2.54. The maximum absolute atomic E-state index is 12.0. The topological polar surface area (TPSA) is 152 Å². The van der Waals surface area contributed by atoms with Gasteiger partial charge in [-0.15, -0.1) is 5.10 Å². The Morgan fingerprint density at radius 1 is 1.40 bits per heavy atom. The summed E-state index contributed by atoms with van der Waals surface area (Å²) >= 11 is 6.46. The summed E-state index contributed by atoms with van der Waals surface area (Å²) in [6.45, 7) is 1.48. The van der Waals surface area contributed by atoms with Crippen molar-refractivity contribution in [2.75, 3.05) is 5.32 Å². The molecule has 132 valence electrons. The van der Waals surface area contributed by atoms with Crippen molar-refractivity contribution in [3.05, 3.63) is 47.5 Å². The molecule has 0 spiro atoms. The van der Waals surface area contributed by atoms with E-state index in [0.717, 1.165) is 0 Å². The lowest BCUT2D eigenvalue weighted by Gasteiger charge is -2.11. The first kappa shape index (κ1) is 18.9. The Morgan fingerprint density at radius 3 is 2.80 bits per heavy atom. The SMILES string of the molecule is C[C@@H](Nc1n[nH]c(=O)[nH]c1=O)C(=O)N/N=C\c1cc(Br)cc(Br)c1O. The average molecular weight is 476 g/mol. The number of carbonyl (C=O) groups is 1. The monoisotopic (exact) mass is 474 g/mol. The van der Waals surface area contributed by atoms with Gasteiger partial charge in [0.05, 0.1) is 10.7 Å². The number of nitrogens with zero attached hydrogens (tertiary/aromatic N) is 2. The molecular formula is C13H12Br2N6O4. The van der Waals surface area contributed by atoms with Crippen molar-refractivity contribution in [2.45, 2.75) is 13.0 Å². The van der Waals surface area contributed by atoms with Crippen LogP contribution in [-0.4, -0.2) is 38.5 Å². The van der Waals surface area contributed by atoms with Crippen LogP contribution in [-0.2, 0) is 4.79 Å². The number of aromatic nitrogens is 3. The summed E-state index contributed by atoms with van der Waals surface area (Å²) in [4.78, 5) is 36.3. The van der Waals surface area contributed by atoms with E-state index in [0.29, 0.717) is 14.5 Å². The lowest BCUT2D eigenvalue weighted by molar-refractivity contribution is -0.121. The molecule has 0 aliphatic heterocycles. The molecular weight excluding hydrogens is 464 g/mol. The van der Waals surface area contributed by atoms with Gasteiger partial charge >= 0.3 is 5.69 Å². The number of amides is 1. The minimum Gasteiger partial charge on any atom is -0.506 e. The number of nitrogens with one attached hydrogen (secondary N) is 4. The third kappa shape index (κ3) is 5.00. The Balaban J connectivity index is 2.02. The maximum Gasteiger partial charge on any atom is 0.342 e. The number of H-pyrrole nitrogens is 2. The van der Waals surface area contributed by atoms with E-state index in [1.165, 1.54) is 13.1 Å². The van der Waals surface area contributed by atoms with E-state index >= 15 is 0 Å². The quantitative estimate of drug-likeness (QED) is 0.316. The lowest BCUT2D eigenvalue weighted by Crippen LogP contribution is -2.38. The molecule has 1 heterocycles. The van der Waals surface area contributed by atoms with Gasteiger partial charge in [0.2, 0.25) is 5.82 Å². The molecule has 0 radical (unpaired) electrons. The Morgan fingerprint density at radius 2 is 2.12 bits per heavy atom. The van der Waals surface area contributed by atoms with Crippen LogP contribution in [0.5, 0.6) is 5.75 Å². The van der Waals surface area contributed by atoms with Crippen LogP contribution < -0.4 is 22.0 Å². The predicted molar refractivity (Wildman–Crippen MR) is 97.8 cm³/mol. The summed E-state index contributed by atoms with van der Waals surface area (Å²) in [6.07, 6.45) is 1.26. The van der Waals surface area contributed by atoms with Gasteiger partial charge in [-0.2, -0.15) is 5.10 Å². The Bertz CT molecular complexity index is 939. The van der Waals surface area contributed by atoms with Gasteiger partial charge in [-0.1, -0.05) is 15.9 Å². The second-order valence-electron chi connectivity index (χ2n) is 4.78. The normalized spacial score (nSPS) is 12.1. The highest BCUT2D eigenvalue weighted by Gasteiger charge is 2.14. The molecule has 1 atom stereocenters. The molecule has 1 aromatic heterocycles. The van der Waals surface area contributed by atoms with E-state index in [9.17, 15) is 19.5 Å². The van der Waals surface area contributed by atoms with E-state index in [4.69, 9.17) is 0 Å². The van der Waals surface area contributed by atoms with Crippen LogP contribution in [0.15, 0.2) is 35.8 Å². The van der Waals surface area contributed by atoms with Crippen LogP contribution >= 0.6 is 31.9 Å². The number of benzene rings is 1. The number of hydrogen-bond acceptors (Lipinski definition) is 7. The zero-order valence-electron chi connectivity index (χ0n) is 12.6. The predicted octanol–water partition coefficient (Wildman–Crippen LogP) is 0.640. The number of anilines is 1. The van der Waals surface area contributed by atoms with Gasteiger partial charge in [0.1, 0.15) is 11.8 Å². The van der Waals surface area contributed by atoms with Crippen LogP contribution in [0, 0.1) is 0 Å². The summed E-state index contributed by atoms with van der Waals surface area (Å²) in [5, 5.41) is 21.7. The second-order valence-corrected chi connectivity index (χ2v) is 6.55. The highest BCUT2D eigenvalue weighted by atomic mass is 79.9. The zero-order chi connectivity index (χ0) is 18.6. The third-order valence-electron chi connectivity index (χ3n) is 2.89. The Labute approximate surface area is 157 Å². The van der Waals surface area contributed by atoms with Gasteiger partial charge in [-0.25, -0.2) is 15.3 Å². The second kappa shape index (κ2) is 8.07. The smallest absolute Gasteiger partial charge is 0.342 e. The fraction of sp³-hybridized carbons (Fsp3) is 0.154. The number of phenolic OH excluding ortho intramolecular Hbond substituents is 1. The Hall–Kier alpha value is -2.47. The van der Waals surface area contributed by atoms with Crippen LogP contribution in [0.2, 0.25) is 0 Å². The van der Waals surface area contributed by atoms with Crippen molar-refractivity contribution in [1.82, 2.24) is 20.6 Å². The minimum absolute atomic E-state index is 0.0312. The third-order valence-corrected chi connectivity index (χ3v) is 3.96. The number of carbonyl (C=O) groups excluding carboxylic acids is 1. The van der Waals surface area contributed by atoms with Crippen LogP contribution in [0.4, 0.5) is 5.82 Å². The Kier molecular flexibility index (Phi) is 6.09. The van der Waals surface area contributed by atoms with Crippen molar-refractivity contribution in [2.24, 2.45) is 5.10 Å². The van der Waals surface area contributed by atoms with Crippen LogP contribution in [0.1, 0.15) is 12.5 Å². The summed E-state index contributed by atoms with van der Waals surface area (Å²) in [7, 11) is 0. The molecule has 0 unspecified atom stereocenters. The maximum atomic E-state index is 12.0. The van der Waals surface area contributed by atoms with Gasteiger partial charge in [-0.3, -0.25) is 14.6 Å². The summed E-state index contributed by atoms with van der Waals surface area (Å²) in [6, 6.07) is 2.41. The van der Waals surface area contributed by atoms with E-state index in [-0.39, 0.29) is 11.6 Å². The van der Waals surface area contributed by atoms with Crippen molar-refractivity contribution in [3.8, 4) is 5.75 Å². The molecule has 0 aliphatic carbocycles. The molecule has 25 heavy (non-hydrogen) atoms. The number of hydrazone groups is 1. The first-order chi connectivity index (χ1) is 11.8. The number of hydrogen-bond donors (Lipinski definition) is 5. The molecule has 1 amide bonds. The molecule has 1 aromatic carbocycles. The van der Waals surface area contributed by atoms with Crippen molar-refractivity contribution in [3.63, 3.8) is 0 Å². The fourth-order valence-electron chi connectivity index (χ4n) is 1.66. The first-order valence-corrected chi connectivity index (χ1v) is 8.33. The molecule has 0 aliphatic rings. The zero-order valence-corrected chi connectivity index (χ0v) is 15.8.